The van der Waals surface area contributed by atoms with Gasteiger partial charge in [0.2, 0.25) is 0 Å². The molecule has 0 spiro atoms. The van der Waals surface area contributed by atoms with Crippen LogP contribution < -0.4 is 10.6 Å². The molecular weight excluding hydrogens is 594 g/mol. The molecule has 4 aromatic rings. The first kappa shape index (κ1) is 33.9. The summed E-state index contributed by atoms with van der Waals surface area (Å²) in [5.74, 6) is -2.25. The zero-order chi connectivity index (χ0) is 32.3. The van der Waals surface area contributed by atoms with E-state index >= 15 is 0 Å². The summed E-state index contributed by atoms with van der Waals surface area (Å²) in [4.78, 5) is 33.1. The lowest BCUT2D eigenvalue weighted by Crippen LogP contribution is -2.48. The Labute approximate surface area is 267 Å². The van der Waals surface area contributed by atoms with E-state index in [1.54, 1.807) is 30.3 Å². The van der Waals surface area contributed by atoms with Crippen LogP contribution in [0.2, 0.25) is 0 Å². The number of nitrogens with one attached hydrogen (secondary N) is 2. The van der Waals surface area contributed by atoms with Crippen molar-refractivity contribution in [2.75, 3.05) is 20.1 Å². The van der Waals surface area contributed by atoms with Crippen molar-refractivity contribution in [3.63, 3.8) is 0 Å². The Morgan fingerprint density at radius 2 is 1.71 bits per heavy atom. The molecule has 238 valence electrons. The molecule has 0 fully saturated rings. The molecule has 3 aromatic carbocycles. The Morgan fingerprint density at radius 3 is 2.40 bits per heavy atom. The number of nitrogens with zero attached hydrogens (tertiary/aromatic N) is 2. The highest BCUT2D eigenvalue weighted by Gasteiger charge is 2.25. The van der Waals surface area contributed by atoms with Crippen LogP contribution in [0.15, 0.2) is 72.2 Å². The molecule has 0 unspecified atom stereocenters. The highest BCUT2D eigenvalue weighted by Crippen LogP contribution is 2.25. The van der Waals surface area contributed by atoms with Gasteiger partial charge in [-0.1, -0.05) is 44.5 Å². The van der Waals surface area contributed by atoms with E-state index in [1.807, 2.05) is 30.5 Å². The average Bonchev–Trinajstić information content (AvgIpc) is 3.57. The van der Waals surface area contributed by atoms with E-state index in [9.17, 15) is 23.5 Å². The van der Waals surface area contributed by atoms with Crippen molar-refractivity contribution in [2.45, 2.75) is 58.2 Å². The van der Waals surface area contributed by atoms with E-state index in [-0.39, 0.29) is 30.0 Å². The molecule has 2 atom stereocenters. The van der Waals surface area contributed by atoms with Crippen molar-refractivity contribution in [3.8, 4) is 10.6 Å². The maximum absolute atomic E-state index is 14.1. The molecule has 10 heteroatoms. The monoisotopic (exact) mass is 634 g/mol. The SMILES string of the molecule is CCCCN(C)C(=O)c1cc(C(=O)N[C@@H](Cc2cc(F)cc(F)c2)[C@H](O)CNCc2cccc(CC)c2)cc(-c2nccs2)c1. The van der Waals surface area contributed by atoms with Gasteiger partial charge in [-0.05, 0) is 66.3 Å². The number of aliphatic hydroxyl groups excluding tert-OH is 1. The number of halogens is 2. The van der Waals surface area contributed by atoms with Gasteiger partial charge in [0.15, 0.2) is 0 Å². The Morgan fingerprint density at radius 1 is 0.978 bits per heavy atom. The maximum Gasteiger partial charge on any atom is 0.253 e. The summed E-state index contributed by atoms with van der Waals surface area (Å²) in [7, 11) is 1.73. The molecule has 3 N–H and O–H groups in total. The number of hydrogen-bond donors (Lipinski definition) is 3. The van der Waals surface area contributed by atoms with Crippen LogP contribution >= 0.6 is 11.3 Å². The molecule has 0 saturated heterocycles. The molecular formula is C35H40F2N4O3S. The third-order valence-corrected chi connectivity index (χ3v) is 8.38. The molecule has 0 bridgehead atoms. The predicted octanol–water partition coefficient (Wildman–Crippen LogP) is 6.01. The molecule has 0 radical (unpaired) electrons. The summed E-state index contributed by atoms with van der Waals surface area (Å²) in [6.07, 6.45) is 3.21. The Hall–Kier alpha value is -3.99. The summed E-state index contributed by atoms with van der Waals surface area (Å²) in [6, 6.07) is 15.3. The summed E-state index contributed by atoms with van der Waals surface area (Å²) in [6.45, 7) is 5.31. The number of amides is 2. The van der Waals surface area contributed by atoms with Gasteiger partial charge in [-0.3, -0.25) is 9.59 Å². The van der Waals surface area contributed by atoms with Gasteiger partial charge in [-0.25, -0.2) is 13.8 Å². The van der Waals surface area contributed by atoms with E-state index in [0.717, 1.165) is 30.9 Å². The van der Waals surface area contributed by atoms with Crippen LogP contribution in [-0.4, -0.2) is 59.1 Å². The largest absolute Gasteiger partial charge is 0.390 e. The number of thiazole rings is 1. The molecule has 0 aliphatic carbocycles. The highest BCUT2D eigenvalue weighted by molar-refractivity contribution is 7.13. The molecule has 1 heterocycles. The van der Waals surface area contributed by atoms with Crippen LogP contribution in [0.3, 0.4) is 0 Å². The minimum atomic E-state index is -1.10. The zero-order valence-electron chi connectivity index (χ0n) is 25.9. The maximum atomic E-state index is 14.1. The minimum absolute atomic E-state index is 0.0215. The third kappa shape index (κ3) is 9.75. The number of aliphatic hydroxyl groups is 1. The molecule has 0 saturated carbocycles. The lowest BCUT2D eigenvalue weighted by atomic mass is 9.99. The van der Waals surface area contributed by atoms with Crippen molar-refractivity contribution in [1.82, 2.24) is 20.5 Å². The Kier molecular flexibility index (Phi) is 12.3. The number of rotatable bonds is 15. The number of carbonyl (C=O) groups excluding carboxylic acids is 2. The van der Waals surface area contributed by atoms with Crippen LogP contribution in [0.1, 0.15) is 64.1 Å². The standard InChI is InChI=1S/C35H40F2N4O3S/c1-4-6-11-41(3)35(44)28-18-26(17-27(19-28)34-39-10-12-45-34)33(43)40-31(16-25-14-29(36)20-30(37)15-25)32(42)22-38-21-24-9-7-8-23(5-2)13-24/h7-10,12-15,17-20,31-32,38,42H,4-6,11,16,21-22H2,1-3H3,(H,40,43)/t31-,32+/m0/s1. The first-order chi connectivity index (χ1) is 21.7. The normalized spacial score (nSPS) is 12.5. The van der Waals surface area contributed by atoms with E-state index < -0.39 is 29.7 Å². The lowest BCUT2D eigenvalue weighted by Gasteiger charge is -2.25. The molecule has 0 aliphatic rings. The van der Waals surface area contributed by atoms with E-state index in [0.29, 0.717) is 29.2 Å². The van der Waals surface area contributed by atoms with Gasteiger partial charge < -0.3 is 20.6 Å². The van der Waals surface area contributed by atoms with Crippen LogP contribution in [0.25, 0.3) is 10.6 Å². The van der Waals surface area contributed by atoms with Gasteiger partial charge in [-0.2, -0.15) is 0 Å². The molecule has 2 amide bonds. The van der Waals surface area contributed by atoms with E-state index in [4.69, 9.17) is 0 Å². The number of carbonyl (C=O) groups is 2. The van der Waals surface area contributed by atoms with Gasteiger partial charge >= 0.3 is 0 Å². The second-order valence-corrected chi connectivity index (χ2v) is 12.0. The molecule has 4 rings (SSSR count). The van der Waals surface area contributed by atoms with Gasteiger partial charge in [-0.15, -0.1) is 11.3 Å². The lowest BCUT2D eigenvalue weighted by molar-refractivity contribution is 0.0793. The molecule has 45 heavy (non-hydrogen) atoms. The van der Waals surface area contributed by atoms with Gasteiger partial charge in [0.05, 0.1) is 12.1 Å². The number of unbranched alkanes of at least 4 members (excludes halogenated alkanes) is 1. The molecule has 0 aliphatic heterocycles. The Bertz CT molecular complexity index is 1560. The minimum Gasteiger partial charge on any atom is -0.390 e. The highest BCUT2D eigenvalue weighted by atomic mass is 32.1. The van der Waals surface area contributed by atoms with Crippen molar-refractivity contribution >= 4 is 23.2 Å². The van der Waals surface area contributed by atoms with Gasteiger partial charge in [0.1, 0.15) is 16.6 Å². The number of aromatic nitrogens is 1. The summed E-state index contributed by atoms with van der Waals surface area (Å²) >= 11 is 1.38. The second-order valence-electron chi connectivity index (χ2n) is 11.2. The van der Waals surface area contributed by atoms with E-state index in [2.05, 4.69) is 28.6 Å². The third-order valence-electron chi connectivity index (χ3n) is 7.56. The fraction of sp³-hybridized carbons (Fsp3) is 0.343. The van der Waals surface area contributed by atoms with Crippen LogP contribution in [0.4, 0.5) is 8.78 Å². The van der Waals surface area contributed by atoms with Gasteiger partial charge in [0.25, 0.3) is 11.8 Å². The first-order valence-electron chi connectivity index (χ1n) is 15.2. The zero-order valence-corrected chi connectivity index (χ0v) is 26.7. The fourth-order valence-electron chi connectivity index (χ4n) is 5.07. The van der Waals surface area contributed by atoms with Crippen molar-refractivity contribution in [3.05, 3.63) is 112 Å². The van der Waals surface area contributed by atoms with Crippen molar-refractivity contribution in [2.24, 2.45) is 0 Å². The average molecular weight is 635 g/mol. The van der Waals surface area contributed by atoms with Crippen molar-refractivity contribution < 1.29 is 23.5 Å². The summed E-state index contributed by atoms with van der Waals surface area (Å²) in [5, 5.41) is 19.8. The first-order valence-corrected chi connectivity index (χ1v) is 16.1. The van der Waals surface area contributed by atoms with E-state index in [1.165, 1.54) is 35.1 Å². The fourth-order valence-corrected chi connectivity index (χ4v) is 5.70. The van der Waals surface area contributed by atoms with Crippen LogP contribution in [0, 0.1) is 11.6 Å². The Balaban J connectivity index is 1.58. The predicted molar refractivity (Wildman–Crippen MR) is 174 cm³/mol. The number of hydrogen-bond acceptors (Lipinski definition) is 6. The summed E-state index contributed by atoms with van der Waals surface area (Å²) in [5.41, 5.74) is 3.70. The van der Waals surface area contributed by atoms with Crippen LogP contribution in [-0.2, 0) is 19.4 Å². The van der Waals surface area contributed by atoms with Crippen molar-refractivity contribution in [1.29, 1.82) is 0 Å². The molecule has 1 aromatic heterocycles. The number of benzene rings is 3. The summed E-state index contributed by atoms with van der Waals surface area (Å²) < 4.78 is 28.1. The second kappa shape index (κ2) is 16.4. The smallest absolute Gasteiger partial charge is 0.253 e. The topological polar surface area (TPSA) is 94.6 Å². The molecule has 7 nitrogen and oxygen atoms in total. The van der Waals surface area contributed by atoms with Gasteiger partial charge in [0, 0.05) is 61.0 Å². The quantitative estimate of drug-likeness (QED) is 0.149. The number of aryl methyl sites for hydroxylation is 1. The van der Waals surface area contributed by atoms with Crippen LogP contribution in [0.5, 0.6) is 0 Å².